The first-order valence-electron chi connectivity index (χ1n) is 7.91. The lowest BCUT2D eigenvalue weighted by atomic mass is 10.0. The molecule has 0 saturated heterocycles. The number of alkyl carbamates (subject to hydrolysis) is 1. The molecule has 0 aliphatic rings. The molecule has 7 nitrogen and oxygen atoms in total. The van der Waals surface area contributed by atoms with Gasteiger partial charge in [0.25, 0.3) is 0 Å². The summed E-state index contributed by atoms with van der Waals surface area (Å²) < 4.78 is 9.71. The molecule has 0 heterocycles. The quantitative estimate of drug-likeness (QED) is 0.524. The molecule has 0 rings (SSSR count). The lowest BCUT2D eigenvalue weighted by Crippen LogP contribution is -2.51. The molecule has 23 heavy (non-hydrogen) atoms. The van der Waals surface area contributed by atoms with Gasteiger partial charge in [-0.2, -0.15) is 0 Å². The lowest BCUT2D eigenvalue weighted by molar-refractivity contribution is -0.140. The fraction of sp³-hybridized carbons (Fsp3) is 0.812. The molecule has 0 spiro atoms. The Bertz CT molecular complexity index is 402. The van der Waals surface area contributed by atoms with Crippen LogP contribution >= 0.6 is 0 Å². The second-order valence-electron chi connectivity index (χ2n) is 6.69. The number of methoxy groups -OCH3 is 1. The molecule has 2 N–H and O–H groups in total. The van der Waals surface area contributed by atoms with Crippen LogP contribution in [0.5, 0.6) is 0 Å². The Kier molecular flexibility index (Phi) is 9.29. The second-order valence-corrected chi connectivity index (χ2v) is 6.69. The van der Waals surface area contributed by atoms with Crippen molar-refractivity contribution < 1.29 is 23.9 Å². The molecule has 134 valence electrons. The SMILES string of the molecule is COC(=O)CCCCNC(=O)[C@@H](NC(=O)OC(C)(C)C)C(C)C. The standard InChI is InChI=1S/C16H30N2O5/c1-11(2)13(18-15(21)23-16(3,4)5)14(20)17-10-8-7-9-12(19)22-6/h11,13H,7-10H2,1-6H3,(H,17,20)(H,18,21)/t13-/m0/s1. The van der Waals surface area contributed by atoms with Crippen molar-refractivity contribution in [1.29, 1.82) is 0 Å². The van der Waals surface area contributed by atoms with E-state index < -0.39 is 17.7 Å². The van der Waals surface area contributed by atoms with E-state index in [1.165, 1.54) is 7.11 Å². The summed E-state index contributed by atoms with van der Waals surface area (Å²) in [6, 6.07) is -0.662. The van der Waals surface area contributed by atoms with Crippen molar-refractivity contribution >= 4 is 18.0 Å². The molecular formula is C16H30N2O5. The van der Waals surface area contributed by atoms with Crippen molar-refractivity contribution in [2.24, 2.45) is 5.92 Å². The summed E-state index contributed by atoms with van der Waals surface area (Å²) in [7, 11) is 1.35. The average molecular weight is 330 g/mol. The van der Waals surface area contributed by atoms with Gasteiger partial charge in [-0.25, -0.2) is 4.79 Å². The zero-order valence-electron chi connectivity index (χ0n) is 15.0. The topological polar surface area (TPSA) is 93.7 Å². The Morgan fingerprint density at radius 3 is 2.17 bits per heavy atom. The van der Waals surface area contributed by atoms with Gasteiger partial charge in [0.2, 0.25) is 5.91 Å². The van der Waals surface area contributed by atoms with Crippen LogP contribution in [0.15, 0.2) is 0 Å². The van der Waals surface area contributed by atoms with Gasteiger partial charge in [0.1, 0.15) is 11.6 Å². The van der Waals surface area contributed by atoms with Crippen LogP contribution < -0.4 is 10.6 Å². The number of unbranched alkanes of at least 4 members (excludes halogenated alkanes) is 1. The number of rotatable bonds is 8. The summed E-state index contributed by atoms with van der Waals surface area (Å²) in [5.41, 5.74) is -0.615. The Balaban J connectivity index is 4.26. The van der Waals surface area contributed by atoms with Crippen molar-refractivity contribution in [3.05, 3.63) is 0 Å². The van der Waals surface area contributed by atoms with E-state index in [2.05, 4.69) is 15.4 Å². The molecule has 0 saturated carbocycles. The number of carbonyl (C=O) groups excluding carboxylic acids is 3. The van der Waals surface area contributed by atoms with Crippen molar-refractivity contribution in [2.45, 2.75) is 65.5 Å². The summed E-state index contributed by atoms with van der Waals surface area (Å²) in [5, 5.41) is 5.36. The average Bonchev–Trinajstić information content (AvgIpc) is 2.41. The second kappa shape index (κ2) is 10.1. The summed E-state index contributed by atoms with van der Waals surface area (Å²) >= 11 is 0. The van der Waals surface area contributed by atoms with E-state index in [1.807, 2.05) is 13.8 Å². The number of nitrogens with one attached hydrogen (secondary N) is 2. The Labute approximate surface area is 138 Å². The zero-order chi connectivity index (χ0) is 18.0. The van der Waals surface area contributed by atoms with Crippen molar-refractivity contribution in [2.75, 3.05) is 13.7 Å². The van der Waals surface area contributed by atoms with E-state index in [9.17, 15) is 14.4 Å². The van der Waals surface area contributed by atoms with E-state index in [0.29, 0.717) is 25.8 Å². The minimum atomic E-state index is -0.662. The molecule has 0 radical (unpaired) electrons. The number of hydrogen-bond donors (Lipinski definition) is 2. The summed E-state index contributed by atoms with van der Waals surface area (Å²) in [6.07, 6.45) is 1.02. The van der Waals surface area contributed by atoms with Crippen molar-refractivity contribution in [3.8, 4) is 0 Å². The molecule has 0 unspecified atom stereocenters. The van der Waals surface area contributed by atoms with Gasteiger partial charge in [-0.3, -0.25) is 9.59 Å². The molecule has 7 heteroatoms. The highest BCUT2D eigenvalue weighted by Gasteiger charge is 2.26. The third-order valence-electron chi connectivity index (χ3n) is 2.96. The third kappa shape index (κ3) is 10.5. The van der Waals surface area contributed by atoms with Crippen LogP contribution in [0.4, 0.5) is 4.79 Å². The Morgan fingerprint density at radius 1 is 1.09 bits per heavy atom. The summed E-state index contributed by atoms with van der Waals surface area (Å²) in [5.74, 6) is -0.593. The summed E-state index contributed by atoms with van der Waals surface area (Å²) in [4.78, 5) is 34.9. The molecule has 0 aromatic carbocycles. The number of carbonyl (C=O) groups is 3. The highest BCUT2D eigenvalue weighted by molar-refractivity contribution is 5.85. The van der Waals surface area contributed by atoms with Crippen LogP contribution in [0.2, 0.25) is 0 Å². The van der Waals surface area contributed by atoms with Crippen LogP contribution in [0.3, 0.4) is 0 Å². The first-order chi connectivity index (χ1) is 10.6. The maximum Gasteiger partial charge on any atom is 0.408 e. The smallest absolute Gasteiger partial charge is 0.408 e. The predicted molar refractivity (Wildman–Crippen MR) is 86.9 cm³/mol. The minimum absolute atomic E-state index is 0.0717. The molecule has 0 aromatic heterocycles. The molecule has 0 aliphatic heterocycles. The zero-order valence-corrected chi connectivity index (χ0v) is 15.0. The molecule has 0 fully saturated rings. The summed E-state index contributed by atoms with van der Waals surface area (Å²) in [6.45, 7) is 9.42. The lowest BCUT2D eigenvalue weighted by Gasteiger charge is -2.25. The largest absolute Gasteiger partial charge is 0.469 e. The van der Waals surface area contributed by atoms with Crippen molar-refractivity contribution in [1.82, 2.24) is 10.6 Å². The van der Waals surface area contributed by atoms with Crippen LogP contribution in [-0.4, -0.2) is 43.3 Å². The van der Waals surface area contributed by atoms with Gasteiger partial charge in [0, 0.05) is 13.0 Å². The van der Waals surface area contributed by atoms with Crippen LogP contribution in [0.25, 0.3) is 0 Å². The fourth-order valence-electron chi connectivity index (χ4n) is 1.79. The van der Waals surface area contributed by atoms with E-state index in [4.69, 9.17) is 4.74 Å². The number of hydrogen-bond acceptors (Lipinski definition) is 5. The van der Waals surface area contributed by atoms with Crippen LogP contribution in [0.1, 0.15) is 53.9 Å². The fourth-order valence-corrected chi connectivity index (χ4v) is 1.79. The normalized spacial score (nSPS) is 12.5. The Hall–Kier alpha value is -1.79. The van der Waals surface area contributed by atoms with Gasteiger partial charge in [-0.05, 0) is 39.5 Å². The van der Waals surface area contributed by atoms with E-state index in [1.54, 1.807) is 20.8 Å². The molecular weight excluding hydrogens is 300 g/mol. The van der Waals surface area contributed by atoms with E-state index >= 15 is 0 Å². The van der Waals surface area contributed by atoms with Crippen LogP contribution in [0, 0.1) is 5.92 Å². The molecule has 1 atom stereocenters. The highest BCUT2D eigenvalue weighted by Crippen LogP contribution is 2.09. The predicted octanol–water partition coefficient (Wildman–Crippen LogP) is 2.00. The molecule has 0 aromatic rings. The first-order valence-corrected chi connectivity index (χ1v) is 7.91. The minimum Gasteiger partial charge on any atom is -0.469 e. The highest BCUT2D eigenvalue weighted by atomic mass is 16.6. The van der Waals surface area contributed by atoms with E-state index in [0.717, 1.165) is 0 Å². The first kappa shape index (κ1) is 21.2. The van der Waals surface area contributed by atoms with Gasteiger partial charge in [-0.1, -0.05) is 13.8 Å². The number of amides is 2. The third-order valence-corrected chi connectivity index (χ3v) is 2.96. The maximum absolute atomic E-state index is 12.2. The van der Waals surface area contributed by atoms with Crippen LogP contribution in [-0.2, 0) is 19.1 Å². The molecule has 0 aliphatic carbocycles. The Morgan fingerprint density at radius 2 is 1.70 bits per heavy atom. The van der Waals surface area contributed by atoms with E-state index in [-0.39, 0.29) is 17.8 Å². The number of ether oxygens (including phenoxy) is 2. The molecule has 2 amide bonds. The van der Waals surface area contributed by atoms with Gasteiger partial charge in [0.05, 0.1) is 7.11 Å². The monoisotopic (exact) mass is 330 g/mol. The van der Waals surface area contributed by atoms with Gasteiger partial charge >= 0.3 is 12.1 Å². The maximum atomic E-state index is 12.2. The number of esters is 1. The van der Waals surface area contributed by atoms with Gasteiger partial charge in [-0.15, -0.1) is 0 Å². The van der Waals surface area contributed by atoms with Crippen molar-refractivity contribution in [3.63, 3.8) is 0 Å². The van der Waals surface area contributed by atoms with Gasteiger partial charge in [0.15, 0.2) is 0 Å². The van der Waals surface area contributed by atoms with Gasteiger partial charge < -0.3 is 20.1 Å². The molecule has 0 bridgehead atoms.